The number of hydrogen-bond donors (Lipinski definition) is 3. The van der Waals surface area contributed by atoms with Crippen molar-refractivity contribution in [3.63, 3.8) is 0 Å². The van der Waals surface area contributed by atoms with Crippen molar-refractivity contribution in [2.24, 2.45) is 0 Å². The van der Waals surface area contributed by atoms with Crippen molar-refractivity contribution in [2.75, 3.05) is 5.32 Å². The summed E-state index contributed by atoms with van der Waals surface area (Å²) in [6, 6.07) is 15.9. The number of halogens is 1. The van der Waals surface area contributed by atoms with Gasteiger partial charge in [0.05, 0.1) is 5.41 Å². The van der Waals surface area contributed by atoms with Crippen LogP contribution in [0.3, 0.4) is 0 Å². The Balaban J connectivity index is 1.65. The Morgan fingerprint density at radius 3 is 2.16 bits per heavy atom. The monoisotopic (exact) mass is 357 g/mol. The quantitative estimate of drug-likeness (QED) is 0.726. The van der Waals surface area contributed by atoms with E-state index in [9.17, 15) is 9.59 Å². The highest BCUT2D eigenvalue weighted by molar-refractivity contribution is 6.30. The topological polar surface area (TPSA) is 70.2 Å². The molecule has 0 unspecified atom stereocenters. The fraction of sp³-hybridized carbons (Fsp3) is 0.263. The van der Waals surface area contributed by atoms with Gasteiger partial charge in [0.2, 0.25) is 5.91 Å². The molecule has 1 saturated carbocycles. The molecule has 3 rings (SSSR count). The molecule has 6 heteroatoms. The number of carbonyl (C=O) groups excluding carboxylic acids is 2. The highest BCUT2D eigenvalue weighted by atomic mass is 35.5. The third kappa shape index (κ3) is 3.94. The van der Waals surface area contributed by atoms with Gasteiger partial charge in [-0.3, -0.25) is 10.2 Å². The molecular weight excluding hydrogens is 338 g/mol. The second kappa shape index (κ2) is 7.57. The highest BCUT2D eigenvalue weighted by Gasteiger charge is 2.42. The van der Waals surface area contributed by atoms with Crippen molar-refractivity contribution in [3.05, 3.63) is 65.2 Å². The molecule has 0 radical (unpaired) electrons. The highest BCUT2D eigenvalue weighted by Crippen LogP contribution is 2.41. The van der Waals surface area contributed by atoms with E-state index in [1.165, 1.54) is 0 Å². The van der Waals surface area contributed by atoms with Crippen LogP contribution in [0, 0.1) is 0 Å². The van der Waals surface area contributed by atoms with Gasteiger partial charge in [0.15, 0.2) is 0 Å². The van der Waals surface area contributed by atoms with E-state index in [0.717, 1.165) is 31.2 Å². The van der Waals surface area contributed by atoms with Gasteiger partial charge >= 0.3 is 6.03 Å². The van der Waals surface area contributed by atoms with E-state index in [-0.39, 0.29) is 5.91 Å². The average molecular weight is 358 g/mol. The Bertz CT molecular complexity index is 741. The Hall–Kier alpha value is -2.53. The lowest BCUT2D eigenvalue weighted by Crippen LogP contribution is -2.51. The van der Waals surface area contributed by atoms with Gasteiger partial charge in [0, 0.05) is 10.7 Å². The van der Waals surface area contributed by atoms with E-state index < -0.39 is 11.4 Å². The molecule has 0 atom stereocenters. The number of amides is 3. The lowest BCUT2D eigenvalue weighted by Gasteiger charge is -2.28. The average Bonchev–Trinajstić information content (AvgIpc) is 3.12. The van der Waals surface area contributed by atoms with Crippen molar-refractivity contribution < 1.29 is 9.59 Å². The van der Waals surface area contributed by atoms with Crippen LogP contribution >= 0.6 is 11.6 Å². The molecule has 0 aromatic heterocycles. The van der Waals surface area contributed by atoms with Gasteiger partial charge in [-0.2, -0.15) is 0 Å². The zero-order valence-corrected chi connectivity index (χ0v) is 14.5. The summed E-state index contributed by atoms with van der Waals surface area (Å²) in [6.45, 7) is 0. The number of urea groups is 1. The van der Waals surface area contributed by atoms with Crippen molar-refractivity contribution >= 4 is 29.2 Å². The zero-order valence-electron chi connectivity index (χ0n) is 13.7. The van der Waals surface area contributed by atoms with Gasteiger partial charge in [0.25, 0.3) is 0 Å². The van der Waals surface area contributed by atoms with E-state index in [0.29, 0.717) is 10.7 Å². The molecule has 2 aromatic carbocycles. The molecule has 0 aliphatic heterocycles. The van der Waals surface area contributed by atoms with Crippen molar-refractivity contribution in [1.29, 1.82) is 0 Å². The second-order valence-corrected chi connectivity index (χ2v) is 6.63. The van der Waals surface area contributed by atoms with Crippen LogP contribution in [0.4, 0.5) is 10.5 Å². The minimum atomic E-state index is -0.620. The number of hydrazine groups is 1. The van der Waals surface area contributed by atoms with E-state index in [4.69, 9.17) is 11.6 Å². The molecule has 2 aromatic rings. The molecule has 1 aliphatic rings. The first-order valence-corrected chi connectivity index (χ1v) is 8.66. The third-order valence-corrected chi connectivity index (χ3v) is 4.86. The molecule has 0 spiro atoms. The number of anilines is 1. The van der Waals surface area contributed by atoms with Crippen LogP contribution in [0.1, 0.15) is 31.2 Å². The first-order valence-electron chi connectivity index (χ1n) is 8.29. The van der Waals surface area contributed by atoms with E-state index in [2.05, 4.69) is 16.2 Å². The maximum atomic E-state index is 12.8. The number of nitrogens with one attached hydrogen (secondary N) is 3. The Morgan fingerprint density at radius 2 is 1.52 bits per heavy atom. The van der Waals surface area contributed by atoms with Gasteiger partial charge in [-0.15, -0.1) is 0 Å². The SMILES string of the molecule is O=C(NNC(=O)C1(c2ccc(Cl)cc2)CCCC1)Nc1ccccc1. The maximum Gasteiger partial charge on any atom is 0.337 e. The normalized spacial score (nSPS) is 15.4. The molecule has 25 heavy (non-hydrogen) atoms. The minimum absolute atomic E-state index is 0.199. The summed E-state index contributed by atoms with van der Waals surface area (Å²) in [5.41, 5.74) is 5.97. The molecular formula is C19H20ClN3O2. The van der Waals surface area contributed by atoms with Gasteiger partial charge in [-0.1, -0.05) is 54.8 Å². The molecule has 130 valence electrons. The molecule has 0 heterocycles. The summed E-state index contributed by atoms with van der Waals surface area (Å²) >= 11 is 5.96. The number of carbonyl (C=O) groups is 2. The largest absolute Gasteiger partial charge is 0.337 e. The van der Waals surface area contributed by atoms with E-state index >= 15 is 0 Å². The van der Waals surface area contributed by atoms with Gasteiger partial charge in [-0.25, -0.2) is 10.2 Å². The number of benzene rings is 2. The van der Waals surface area contributed by atoms with Gasteiger partial charge in [-0.05, 0) is 42.7 Å². The molecule has 3 N–H and O–H groups in total. The van der Waals surface area contributed by atoms with Gasteiger partial charge < -0.3 is 5.32 Å². The fourth-order valence-corrected chi connectivity index (χ4v) is 3.44. The second-order valence-electron chi connectivity index (χ2n) is 6.20. The Kier molecular flexibility index (Phi) is 5.24. The molecule has 3 amide bonds. The number of hydrogen-bond acceptors (Lipinski definition) is 2. The Labute approximate surface area is 151 Å². The molecule has 0 saturated heterocycles. The number of para-hydroxylation sites is 1. The van der Waals surface area contributed by atoms with Crippen molar-refractivity contribution in [3.8, 4) is 0 Å². The van der Waals surface area contributed by atoms with E-state index in [1.54, 1.807) is 24.3 Å². The van der Waals surface area contributed by atoms with Crippen LogP contribution in [0.5, 0.6) is 0 Å². The third-order valence-electron chi connectivity index (χ3n) is 4.61. The lowest BCUT2D eigenvalue weighted by molar-refractivity contribution is -0.127. The molecule has 5 nitrogen and oxygen atoms in total. The zero-order chi connectivity index (χ0) is 17.7. The molecule has 1 aliphatic carbocycles. The van der Waals surface area contributed by atoms with Crippen LogP contribution in [0.25, 0.3) is 0 Å². The molecule has 1 fully saturated rings. The number of rotatable bonds is 3. The predicted octanol–water partition coefficient (Wildman–Crippen LogP) is 4.00. The maximum absolute atomic E-state index is 12.8. The summed E-state index contributed by atoms with van der Waals surface area (Å²) in [5.74, 6) is -0.199. The molecule has 0 bridgehead atoms. The van der Waals surface area contributed by atoms with Gasteiger partial charge in [0.1, 0.15) is 0 Å². The first kappa shape index (κ1) is 17.3. The fourth-order valence-electron chi connectivity index (χ4n) is 3.31. The predicted molar refractivity (Wildman–Crippen MR) is 98.3 cm³/mol. The first-order chi connectivity index (χ1) is 12.1. The van der Waals surface area contributed by atoms with Crippen LogP contribution in [-0.4, -0.2) is 11.9 Å². The smallest absolute Gasteiger partial charge is 0.307 e. The van der Waals surface area contributed by atoms with Crippen molar-refractivity contribution in [1.82, 2.24) is 10.9 Å². The summed E-state index contributed by atoms with van der Waals surface area (Å²) in [4.78, 5) is 24.8. The van der Waals surface area contributed by atoms with Crippen LogP contribution in [0.15, 0.2) is 54.6 Å². The van der Waals surface area contributed by atoms with Crippen molar-refractivity contribution in [2.45, 2.75) is 31.1 Å². The van der Waals surface area contributed by atoms with Crippen LogP contribution in [0.2, 0.25) is 5.02 Å². The summed E-state index contributed by atoms with van der Waals surface area (Å²) in [5, 5.41) is 3.30. The lowest BCUT2D eigenvalue weighted by atomic mass is 9.78. The summed E-state index contributed by atoms with van der Waals surface area (Å²) in [7, 11) is 0. The minimum Gasteiger partial charge on any atom is -0.307 e. The summed E-state index contributed by atoms with van der Waals surface area (Å²) < 4.78 is 0. The van der Waals surface area contributed by atoms with Crippen LogP contribution in [-0.2, 0) is 10.2 Å². The van der Waals surface area contributed by atoms with E-state index in [1.807, 2.05) is 30.3 Å². The standard InChI is InChI=1S/C19H20ClN3O2/c20-15-10-8-14(9-11-15)19(12-4-5-13-19)17(24)22-23-18(25)21-16-6-2-1-3-7-16/h1-3,6-11H,4-5,12-13H2,(H,22,24)(H2,21,23,25). The van der Waals surface area contributed by atoms with Crippen LogP contribution < -0.4 is 16.2 Å². The Morgan fingerprint density at radius 1 is 0.880 bits per heavy atom. The summed E-state index contributed by atoms with van der Waals surface area (Å²) in [6.07, 6.45) is 3.46.